The Morgan fingerprint density at radius 3 is 2.58 bits per heavy atom. The molecule has 2 aromatic rings. The van der Waals surface area contributed by atoms with Crippen LogP contribution in [0.25, 0.3) is 0 Å². The second-order valence-corrected chi connectivity index (χ2v) is 5.29. The highest BCUT2D eigenvalue weighted by atomic mass is 19.1. The lowest BCUT2D eigenvalue weighted by atomic mass is 10.1. The Hall–Kier alpha value is -2.96. The van der Waals surface area contributed by atoms with Crippen molar-refractivity contribution in [3.63, 3.8) is 0 Å². The van der Waals surface area contributed by atoms with Gasteiger partial charge in [0, 0.05) is 24.7 Å². The van der Waals surface area contributed by atoms with Gasteiger partial charge in [-0.3, -0.25) is 14.9 Å². The number of ether oxygens (including phenoxy) is 1. The summed E-state index contributed by atoms with van der Waals surface area (Å²) in [5, 5.41) is 10.9. The van der Waals surface area contributed by atoms with Crippen LogP contribution in [0.2, 0.25) is 0 Å². The fourth-order valence-corrected chi connectivity index (χ4v) is 2.30. The maximum Gasteiger partial charge on any atom is 0.269 e. The van der Waals surface area contributed by atoms with E-state index in [2.05, 4.69) is 0 Å². The zero-order valence-electron chi connectivity index (χ0n) is 13.5. The third-order valence-corrected chi connectivity index (χ3v) is 3.86. The molecule has 0 fully saturated rings. The van der Waals surface area contributed by atoms with Gasteiger partial charge in [0.2, 0.25) is 0 Å². The molecule has 0 aliphatic rings. The summed E-state index contributed by atoms with van der Waals surface area (Å²) in [6.45, 7) is 1.75. The van der Waals surface area contributed by atoms with Gasteiger partial charge in [-0.2, -0.15) is 0 Å². The molecule has 0 spiro atoms. The van der Waals surface area contributed by atoms with Crippen LogP contribution in [-0.4, -0.2) is 29.9 Å². The van der Waals surface area contributed by atoms with Crippen LogP contribution in [0.1, 0.15) is 28.9 Å². The van der Waals surface area contributed by atoms with Crippen molar-refractivity contribution in [2.75, 3.05) is 14.2 Å². The van der Waals surface area contributed by atoms with Crippen molar-refractivity contribution in [2.24, 2.45) is 0 Å². The first-order valence-corrected chi connectivity index (χ1v) is 7.20. The fourth-order valence-electron chi connectivity index (χ4n) is 2.30. The van der Waals surface area contributed by atoms with Crippen molar-refractivity contribution in [1.82, 2.24) is 4.90 Å². The average Bonchev–Trinajstić information content (AvgIpc) is 2.59. The lowest BCUT2D eigenvalue weighted by Crippen LogP contribution is -2.29. The summed E-state index contributed by atoms with van der Waals surface area (Å²) >= 11 is 0. The Morgan fingerprint density at radius 1 is 1.29 bits per heavy atom. The largest absolute Gasteiger partial charge is 0.494 e. The molecular formula is C17H17FN2O4. The van der Waals surface area contributed by atoms with Gasteiger partial charge in [0.1, 0.15) is 0 Å². The molecule has 24 heavy (non-hydrogen) atoms. The summed E-state index contributed by atoms with van der Waals surface area (Å²) in [6.07, 6.45) is 0. The Balaban J connectivity index is 2.25. The van der Waals surface area contributed by atoms with Gasteiger partial charge in [-0.15, -0.1) is 0 Å². The molecule has 0 bridgehead atoms. The standard InChI is InChI=1S/C17H17FN2O4/c1-11(12-5-4-6-14(9-12)20(22)23)19(2)17(21)13-7-8-16(24-3)15(18)10-13/h4-11H,1-3H3/t11-/m0/s1. The van der Waals surface area contributed by atoms with E-state index in [1.54, 1.807) is 26.1 Å². The number of nitro groups is 1. The number of methoxy groups -OCH3 is 1. The minimum Gasteiger partial charge on any atom is -0.494 e. The van der Waals surface area contributed by atoms with E-state index in [0.29, 0.717) is 5.56 Å². The first-order chi connectivity index (χ1) is 11.3. The van der Waals surface area contributed by atoms with Crippen LogP contribution in [0.5, 0.6) is 5.75 Å². The van der Waals surface area contributed by atoms with Crippen molar-refractivity contribution in [3.05, 3.63) is 69.5 Å². The van der Waals surface area contributed by atoms with Crippen LogP contribution in [0, 0.1) is 15.9 Å². The van der Waals surface area contributed by atoms with Crippen molar-refractivity contribution >= 4 is 11.6 Å². The van der Waals surface area contributed by atoms with E-state index in [4.69, 9.17) is 4.74 Å². The van der Waals surface area contributed by atoms with Crippen molar-refractivity contribution in [2.45, 2.75) is 13.0 Å². The van der Waals surface area contributed by atoms with Gasteiger partial charge in [0.15, 0.2) is 11.6 Å². The van der Waals surface area contributed by atoms with Crippen molar-refractivity contribution < 1.29 is 18.8 Å². The SMILES string of the molecule is COc1ccc(C(=O)N(C)[C@@H](C)c2cccc([N+](=O)[O-])c2)cc1F. The Labute approximate surface area is 138 Å². The molecule has 7 heteroatoms. The zero-order valence-corrected chi connectivity index (χ0v) is 13.5. The highest BCUT2D eigenvalue weighted by Crippen LogP contribution is 2.25. The minimum atomic E-state index is -0.625. The van der Waals surface area contributed by atoms with Crippen LogP contribution < -0.4 is 4.74 Å². The van der Waals surface area contributed by atoms with Crippen LogP contribution in [0.4, 0.5) is 10.1 Å². The van der Waals surface area contributed by atoms with Crippen molar-refractivity contribution in [1.29, 1.82) is 0 Å². The van der Waals surface area contributed by atoms with Crippen LogP contribution in [0.15, 0.2) is 42.5 Å². The number of nitrogens with zero attached hydrogens (tertiary/aromatic N) is 2. The van der Waals surface area contributed by atoms with Gasteiger partial charge in [0.25, 0.3) is 11.6 Å². The molecule has 2 aromatic carbocycles. The summed E-state index contributed by atoms with van der Waals surface area (Å²) in [5.41, 5.74) is 0.748. The number of amides is 1. The molecule has 0 saturated heterocycles. The van der Waals surface area contributed by atoms with E-state index >= 15 is 0 Å². The van der Waals surface area contributed by atoms with E-state index in [-0.39, 0.29) is 17.0 Å². The predicted octanol–water partition coefficient (Wildman–Crippen LogP) is 3.58. The third kappa shape index (κ3) is 3.51. The van der Waals surface area contributed by atoms with Crippen LogP contribution in [-0.2, 0) is 0 Å². The molecule has 6 nitrogen and oxygen atoms in total. The van der Waals surface area contributed by atoms with Gasteiger partial charge < -0.3 is 9.64 Å². The molecular weight excluding hydrogens is 315 g/mol. The smallest absolute Gasteiger partial charge is 0.269 e. The Morgan fingerprint density at radius 2 is 2.00 bits per heavy atom. The highest BCUT2D eigenvalue weighted by molar-refractivity contribution is 5.94. The van der Waals surface area contributed by atoms with Gasteiger partial charge in [-0.1, -0.05) is 12.1 Å². The molecule has 0 saturated carbocycles. The number of hydrogen-bond donors (Lipinski definition) is 0. The second-order valence-electron chi connectivity index (χ2n) is 5.29. The summed E-state index contributed by atoms with van der Waals surface area (Å²) < 4.78 is 18.6. The monoisotopic (exact) mass is 332 g/mol. The topological polar surface area (TPSA) is 72.7 Å². The third-order valence-electron chi connectivity index (χ3n) is 3.86. The number of nitro benzene ring substituents is 1. The van der Waals surface area contributed by atoms with E-state index in [1.807, 2.05) is 0 Å². The molecule has 0 N–H and O–H groups in total. The number of hydrogen-bond acceptors (Lipinski definition) is 4. The number of non-ortho nitro benzene ring substituents is 1. The molecule has 2 rings (SSSR count). The molecule has 0 aliphatic heterocycles. The predicted molar refractivity (Wildman–Crippen MR) is 86.6 cm³/mol. The number of carbonyl (C=O) groups excluding carboxylic acids is 1. The zero-order chi connectivity index (χ0) is 17.9. The molecule has 1 atom stereocenters. The normalized spacial score (nSPS) is 11.7. The first kappa shape index (κ1) is 17.4. The van der Waals surface area contributed by atoms with Crippen LogP contribution >= 0.6 is 0 Å². The van der Waals surface area contributed by atoms with Crippen LogP contribution in [0.3, 0.4) is 0 Å². The van der Waals surface area contributed by atoms with E-state index < -0.39 is 22.7 Å². The quantitative estimate of drug-likeness (QED) is 0.620. The maximum absolute atomic E-state index is 13.8. The van der Waals surface area contributed by atoms with Gasteiger partial charge in [0.05, 0.1) is 18.1 Å². The van der Waals surface area contributed by atoms with E-state index in [1.165, 1.54) is 36.3 Å². The summed E-state index contributed by atoms with van der Waals surface area (Å²) in [7, 11) is 2.91. The van der Waals surface area contributed by atoms with Gasteiger partial charge in [-0.25, -0.2) is 4.39 Å². The molecule has 0 heterocycles. The first-order valence-electron chi connectivity index (χ1n) is 7.20. The van der Waals surface area contributed by atoms with E-state index in [0.717, 1.165) is 6.07 Å². The number of halogens is 1. The van der Waals surface area contributed by atoms with E-state index in [9.17, 15) is 19.3 Å². The fraction of sp³-hybridized carbons (Fsp3) is 0.235. The lowest BCUT2D eigenvalue weighted by molar-refractivity contribution is -0.384. The number of rotatable bonds is 5. The maximum atomic E-state index is 13.8. The number of benzene rings is 2. The summed E-state index contributed by atoms with van der Waals surface area (Å²) in [5.74, 6) is -0.962. The molecule has 0 aromatic heterocycles. The van der Waals surface area contributed by atoms with Crippen molar-refractivity contribution in [3.8, 4) is 5.75 Å². The molecule has 0 radical (unpaired) electrons. The minimum absolute atomic E-state index is 0.0457. The summed E-state index contributed by atoms with van der Waals surface area (Å²) in [4.78, 5) is 24.3. The Bertz CT molecular complexity index is 779. The molecule has 0 aliphatic carbocycles. The molecule has 0 unspecified atom stereocenters. The Kier molecular flexibility index (Phi) is 5.13. The summed E-state index contributed by atoms with van der Waals surface area (Å²) in [6, 6.07) is 9.63. The molecule has 126 valence electrons. The molecule has 1 amide bonds. The average molecular weight is 332 g/mol. The number of carbonyl (C=O) groups is 1. The van der Waals surface area contributed by atoms with Gasteiger partial charge in [-0.05, 0) is 30.7 Å². The lowest BCUT2D eigenvalue weighted by Gasteiger charge is -2.25. The highest BCUT2D eigenvalue weighted by Gasteiger charge is 2.21. The van der Waals surface area contributed by atoms with Gasteiger partial charge >= 0.3 is 0 Å². The second kappa shape index (κ2) is 7.08.